The van der Waals surface area contributed by atoms with E-state index in [0.717, 1.165) is 18.4 Å². The van der Waals surface area contributed by atoms with Crippen LogP contribution in [0.3, 0.4) is 0 Å². The van der Waals surface area contributed by atoms with Gasteiger partial charge in [0, 0.05) is 36.1 Å². The Hall–Kier alpha value is -1.46. The molecule has 1 aliphatic carbocycles. The minimum Gasteiger partial charge on any atom is -0.355 e. The minimum atomic E-state index is -0.0213. The number of nitrogens with one attached hydrogen (secondary N) is 3. The number of guanidine groups is 1. The predicted octanol–water partition coefficient (Wildman–Crippen LogP) is 2.75. The van der Waals surface area contributed by atoms with Gasteiger partial charge in [-0.2, -0.15) is 0 Å². The molecule has 1 aliphatic rings. The highest BCUT2D eigenvalue weighted by molar-refractivity contribution is 6.35. The van der Waals surface area contributed by atoms with Crippen LogP contribution >= 0.6 is 23.2 Å². The zero-order valence-corrected chi connectivity index (χ0v) is 14.8. The number of carbonyl (C=O) groups is 1. The summed E-state index contributed by atoms with van der Waals surface area (Å²) in [4.78, 5) is 15.7. The molecule has 0 spiro atoms. The van der Waals surface area contributed by atoms with Gasteiger partial charge in [0.2, 0.25) is 5.91 Å². The van der Waals surface area contributed by atoms with E-state index in [1.807, 2.05) is 19.1 Å². The Morgan fingerprint density at radius 2 is 2.00 bits per heavy atom. The third-order valence-electron chi connectivity index (χ3n) is 3.67. The molecule has 1 aromatic rings. The third-order valence-corrected chi connectivity index (χ3v) is 4.23. The van der Waals surface area contributed by atoms with Crippen LogP contribution in [0.1, 0.15) is 31.4 Å². The van der Waals surface area contributed by atoms with Crippen molar-refractivity contribution in [1.29, 1.82) is 0 Å². The number of halogens is 2. The van der Waals surface area contributed by atoms with Gasteiger partial charge in [-0.1, -0.05) is 29.3 Å². The van der Waals surface area contributed by atoms with Crippen LogP contribution in [0, 0.1) is 5.92 Å². The van der Waals surface area contributed by atoms with Crippen molar-refractivity contribution in [3.8, 4) is 0 Å². The van der Waals surface area contributed by atoms with Crippen molar-refractivity contribution in [1.82, 2.24) is 16.0 Å². The lowest BCUT2D eigenvalue weighted by Gasteiger charge is -2.19. The van der Waals surface area contributed by atoms with Crippen molar-refractivity contribution in [3.63, 3.8) is 0 Å². The lowest BCUT2D eigenvalue weighted by atomic mass is 10.1. The first-order valence-electron chi connectivity index (χ1n) is 7.71. The fraction of sp³-hybridized carbons (Fsp3) is 0.500. The zero-order chi connectivity index (χ0) is 16.8. The highest BCUT2D eigenvalue weighted by atomic mass is 35.5. The normalized spacial score (nSPS) is 15.9. The lowest BCUT2D eigenvalue weighted by molar-refractivity contribution is -0.122. The van der Waals surface area contributed by atoms with E-state index in [1.165, 1.54) is 0 Å². The van der Waals surface area contributed by atoms with E-state index in [-0.39, 0.29) is 17.9 Å². The molecular weight excluding hydrogens is 335 g/mol. The average Bonchev–Trinajstić information content (AvgIpc) is 3.34. The number of amides is 1. The Balaban J connectivity index is 1.78. The van der Waals surface area contributed by atoms with Gasteiger partial charge in [-0.05, 0) is 37.5 Å². The molecule has 126 valence electrons. The van der Waals surface area contributed by atoms with E-state index in [4.69, 9.17) is 23.2 Å². The Kier molecular flexibility index (Phi) is 6.54. The van der Waals surface area contributed by atoms with E-state index in [1.54, 1.807) is 13.1 Å². The minimum absolute atomic E-state index is 0.0213. The molecule has 0 radical (unpaired) electrons. The summed E-state index contributed by atoms with van der Waals surface area (Å²) >= 11 is 12.1. The van der Waals surface area contributed by atoms with Gasteiger partial charge in [0.15, 0.2) is 5.96 Å². The van der Waals surface area contributed by atoms with Gasteiger partial charge in [-0.3, -0.25) is 9.79 Å². The number of rotatable bonds is 6. The summed E-state index contributed by atoms with van der Waals surface area (Å²) in [6.45, 7) is 3.18. The maximum absolute atomic E-state index is 11.5. The smallest absolute Gasteiger partial charge is 0.223 e. The maximum Gasteiger partial charge on any atom is 0.223 e. The molecule has 7 heteroatoms. The molecular formula is C16H22Cl2N4O. The first-order valence-corrected chi connectivity index (χ1v) is 8.46. The van der Waals surface area contributed by atoms with E-state index in [2.05, 4.69) is 20.9 Å². The van der Waals surface area contributed by atoms with Gasteiger partial charge in [-0.25, -0.2) is 0 Å². The molecule has 23 heavy (non-hydrogen) atoms. The maximum atomic E-state index is 11.5. The third kappa shape index (κ3) is 5.59. The highest BCUT2D eigenvalue weighted by Crippen LogP contribution is 2.28. The fourth-order valence-corrected chi connectivity index (χ4v) is 2.76. The molecule has 1 unspecified atom stereocenters. The molecule has 0 aliphatic heterocycles. The van der Waals surface area contributed by atoms with Crippen LogP contribution in [-0.2, 0) is 4.79 Å². The molecule has 1 atom stereocenters. The van der Waals surface area contributed by atoms with Crippen LogP contribution in [0.5, 0.6) is 0 Å². The van der Waals surface area contributed by atoms with Crippen LogP contribution in [-0.4, -0.2) is 32.0 Å². The summed E-state index contributed by atoms with van der Waals surface area (Å²) in [7, 11) is 1.70. The molecule has 0 aromatic heterocycles. The average molecular weight is 357 g/mol. The van der Waals surface area contributed by atoms with Crippen molar-refractivity contribution in [2.24, 2.45) is 10.9 Å². The largest absolute Gasteiger partial charge is 0.355 e. The Morgan fingerprint density at radius 1 is 1.30 bits per heavy atom. The number of benzene rings is 1. The molecule has 0 saturated heterocycles. The molecule has 5 nitrogen and oxygen atoms in total. The predicted molar refractivity (Wildman–Crippen MR) is 95.1 cm³/mol. The highest BCUT2D eigenvalue weighted by Gasteiger charge is 2.28. The number of carbonyl (C=O) groups excluding carboxylic acids is 1. The standard InChI is InChI=1S/C16H22Cl2N4O/c1-10(13-6-5-12(17)9-14(13)18)22-16(19-2)21-8-7-20-15(23)11-3-4-11/h5-6,9-11H,3-4,7-8H2,1-2H3,(H,20,23)(H2,19,21,22). The summed E-state index contributed by atoms with van der Waals surface area (Å²) in [6.07, 6.45) is 2.03. The second-order valence-corrected chi connectivity index (χ2v) is 6.44. The summed E-state index contributed by atoms with van der Waals surface area (Å²) in [5, 5.41) is 10.6. The van der Waals surface area contributed by atoms with E-state index in [9.17, 15) is 4.79 Å². The Bertz CT molecular complexity index is 587. The fourth-order valence-electron chi connectivity index (χ4n) is 2.19. The quantitative estimate of drug-likeness (QED) is 0.417. The van der Waals surface area contributed by atoms with Gasteiger partial charge in [-0.15, -0.1) is 0 Å². The van der Waals surface area contributed by atoms with Crippen LogP contribution in [0.4, 0.5) is 0 Å². The van der Waals surface area contributed by atoms with Gasteiger partial charge in [0.05, 0.1) is 6.04 Å². The van der Waals surface area contributed by atoms with Crippen molar-refractivity contribution in [2.75, 3.05) is 20.1 Å². The van der Waals surface area contributed by atoms with Crippen molar-refractivity contribution in [3.05, 3.63) is 33.8 Å². The summed E-state index contributed by atoms with van der Waals surface area (Å²) in [5.41, 5.74) is 0.945. The van der Waals surface area contributed by atoms with Crippen LogP contribution in [0.25, 0.3) is 0 Å². The molecule has 1 saturated carbocycles. The topological polar surface area (TPSA) is 65.5 Å². The summed E-state index contributed by atoms with van der Waals surface area (Å²) in [6, 6.07) is 5.41. The van der Waals surface area contributed by atoms with E-state index >= 15 is 0 Å². The number of aliphatic imine (C=N–C) groups is 1. The van der Waals surface area contributed by atoms with Gasteiger partial charge < -0.3 is 16.0 Å². The Morgan fingerprint density at radius 3 is 2.61 bits per heavy atom. The second-order valence-electron chi connectivity index (χ2n) is 5.60. The van der Waals surface area contributed by atoms with Crippen LogP contribution in [0.2, 0.25) is 10.0 Å². The SMILES string of the molecule is CN=C(NCCNC(=O)C1CC1)NC(C)c1ccc(Cl)cc1Cl. The van der Waals surface area contributed by atoms with Gasteiger partial charge in [0.25, 0.3) is 0 Å². The van der Waals surface area contributed by atoms with Crippen molar-refractivity contribution >= 4 is 35.1 Å². The molecule has 0 bridgehead atoms. The molecule has 1 aromatic carbocycles. The number of nitrogens with zero attached hydrogens (tertiary/aromatic N) is 1. The molecule has 0 heterocycles. The second kappa shape index (κ2) is 8.41. The monoisotopic (exact) mass is 356 g/mol. The lowest BCUT2D eigenvalue weighted by Crippen LogP contribution is -2.42. The van der Waals surface area contributed by atoms with E-state index < -0.39 is 0 Å². The summed E-state index contributed by atoms with van der Waals surface area (Å²) in [5.74, 6) is 1.04. The zero-order valence-electron chi connectivity index (χ0n) is 13.3. The van der Waals surface area contributed by atoms with Gasteiger partial charge >= 0.3 is 0 Å². The number of hydrogen-bond acceptors (Lipinski definition) is 2. The van der Waals surface area contributed by atoms with Crippen LogP contribution in [0.15, 0.2) is 23.2 Å². The molecule has 1 amide bonds. The van der Waals surface area contributed by atoms with Crippen molar-refractivity contribution in [2.45, 2.75) is 25.8 Å². The van der Waals surface area contributed by atoms with Crippen molar-refractivity contribution < 1.29 is 4.79 Å². The molecule has 2 rings (SSSR count). The van der Waals surface area contributed by atoms with Gasteiger partial charge in [0.1, 0.15) is 0 Å². The number of hydrogen-bond donors (Lipinski definition) is 3. The molecule has 3 N–H and O–H groups in total. The van der Waals surface area contributed by atoms with Crippen LogP contribution < -0.4 is 16.0 Å². The summed E-state index contributed by atoms with van der Waals surface area (Å²) < 4.78 is 0. The first-order chi connectivity index (χ1) is 11.0. The Labute approximate surface area is 146 Å². The molecule has 1 fully saturated rings. The first kappa shape index (κ1) is 17.9. The van der Waals surface area contributed by atoms with E-state index in [0.29, 0.717) is 29.1 Å².